The van der Waals surface area contributed by atoms with E-state index in [1.54, 1.807) is 0 Å². The van der Waals surface area contributed by atoms with E-state index in [1.165, 1.54) is 5.57 Å². The van der Waals surface area contributed by atoms with E-state index in [9.17, 15) is 4.79 Å². The van der Waals surface area contributed by atoms with Crippen LogP contribution in [-0.2, 0) is 5.88 Å². The number of halogens is 1. The maximum atomic E-state index is 12.2. The summed E-state index contributed by atoms with van der Waals surface area (Å²) in [6.07, 6.45) is 3.09. The van der Waals surface area contributed by atoms with Gasteiger partial charge in [0, 0.05) is 24.5 Å². The number of alkyl halides is 1. The topological polar surface area (TPSA) is 20.3 Å². The van der Waals surface area contributed by atoms with Gasteiger partial charge in [0.05, 0.1) is 0 Å². The first-order valence-electron chi connectivity index (χ1n) is 5.80. The Kier molecular flexibility index (Phi) is 3.85. The van der Waals surface area contributed by atoms with Gasteiger partial charge in [-0.1, -0.05) is 23.8 Å². The minimum Gasteiger partial charge on any atom is -0.335 e. The summed E-state index contributed by atoms with van der Waals surface area (Å²) in [6.45, 7) is 3.64. The van der Waals surface area contributed by atoms with Gasteiger partial charge >= 0.3 is 0 Å². The number of nitrogens with zero attached hydrogens (tertiary/aromatic N) is 1. The molecule has 0 spiro atoms. The maximum Gasteiger partial charge on any atom is 0.254 e. The number of hydrogen-bond donors (Lipinski definition) is 0. The van der Waals surface area contributed by atoms with Crippen molar-refractivity contribution in [1.29, 1.82) is 0 Å². The van der Waals surface area contributed by atoms with Crippen molar-refractivity contribution in [3.63, 3.8) is 0 Å². The van der Waals surface area contributed by atoms with Gasteiger partial charge in [0.2, 0.25) is 0 Å². The van der Waals surface area contributed by atoms with Crippen LogP contribution in [-0.4, -0.2) is 23.9 Å². The highest BCUT2D eigenvalue weighted by molar-refractivity contribution is 6.17. The molecule has 0 aromatic heterocycles. The largest absolute Gasteiger partial charge is 0.335 e. The lowest BCUT2D eigenvalue weighted by Gasteiger charge is -2.25. The van der Waals surface area contributed by atoms with E-state index in [2.05, 4.69) is 13.0 Å². The molecule has 1 aliphatic rings. The summed E-state index contributed by atoms with van der Waals surface area (Å²) < 4.78 is 0. The molecule has 1 aliphatic heterocycles. The zero-order valence-corrected chi connectivity index (χ0v) is 10.7. The van der Waals surface area contributed by atoms with Crippen molar-refractivity contribution in [2.24, 2.45) is 0 Å². The highest BCUT2D eigenvalue weighted by atomic mass is 35.5. The highest BCUT2D eigenvalue weighted by Crippen LogP contribution is 2.15. The van der Waals surface area contributed by atoms with Crippen LogP contribution < -0.4 is 0 Å². The van der Waals surface area contributed by atoms with Gasteiger partial charge in [-0.3, -0.25) is 4.79 Å². The van der Waals surface area contributed by atoms with Crippen molar-refractivity contribution in [2.75, 3.05) is 13.1 Å². The van der Waals surface area contributed by atoms with Gasteiger partial charge in [0.25, 0.3) is 5.91 Å². The second-order valence-corrected chi connectivity index (χ2v) is 4.65. The van der Waals surface area contributed by atoms with Crippen LogP contribution in [0.15, 0.2) is 35.9 Å². The van der Waals surface area contributed by atoms with Crippen LogP contribution in [0, 0.1) is 0 Å². The van der Waals surface area contributed by atoms with Crippen LogP contribution in [0.2, 0.25) is 0 Å². The summed E-state index contributed by atoms with van der Waals surface area (Å²) in [5.41, 5.74) is 3.08. The molecule has 1 aromatic carbocycles. The molecular weight excluding hydrogens is 234 g/mol. The van der Waals surface area contributed by atoms with Gasteiger partial charge in [0.15, 0.2) is 0 Å². The van der Waals surface area contributed by atoms with Crippen molar-refractivity contribution in [3.8, 4) is 0 Å². The molecule has 0 unspecified atom stereocenters. The summed E-state index contributed by atoms with van der Waals surface area (Å²) >= 11 is 5.77. The molecule has 1 aromatic rings. The minimum atomic E-state index is 0.0979. The van der Waals surface area contributed by atoms with Crippen molar-refractivity contribution < 1.29 is 4.79 Å². The second-order valence-electron chi connectivity index (χ2n) is 4.39. The highest BCUT2D eigenvalue weighted by Gasteiger charge is 2.17. The quantitative estimate of drug-likeness (QED) is 0.582. The minimum absolute atomic E-state index is 0.0979. The number of hydrogen-bond acceptors (Lipinski definition) is 1. The van der Waals surface area contributed by atoms with Crippen LogP contribution in [0.25, 0.3) is 0 Å². The first-order valence-corrected chi connectivity index (χ1v) is 6.34. The number of carbonyl (C=O) groups excluding carboxylic acids is 1. The molecule has 0 fully saturated rings. The van der Waals surface area contributed by atoms with Crippen molar-refractivity contribution in [2.45, 2.75) is 19.2 Å². The van der Waals surface area contributed by atoms with Crippen molar-refractivity contribution >= 4 is 17.5 Å². The fourth-order valence-corrected chi connectivity index (χ4v) is 2.09. The Bertz CT molecular complexity index is 453. The lowest BCUT2D eigenvalue weighted by Crippen LogP contribution is -2.34. The van der Waals surface area contributed by atoms with Gasteiger partial charge in [-0.25, -0.2) is 0 Å². The maximum absolute atomic E-state index is 12.2. The molecule has 17 heavy (non-hydrogen) atoms. The molecule has 0 aliphatic carbocycles. The van der Waals surface area contributed by atoms with Crippen LogP contribution in [0.4, 0.5) is 0 Å². The molecule has 1 heterocycles. The molecule has 2 rings (SSSR count). The molecule has 0 saturated heterocycles. The van der Waals surface area contributed by atoms with E-state index >= 15 is 0 Å². The van der Waals surface area contributed by atoms with Gasteiger partial charge in [0.1, 0.15) is 0 Å². The smallest absolute Gasteiger partial charge is 0.254 e. The SMILES string of the molecule is CC1=CCN(C(=O)c2cccc(CCl)c2)CC1. The van der Waals surface area contributed by atoms with Gasteiger partial charge in [-0.05, 0) is 31.0 Å². The molecule has 0 N–H and O–H groups in total. The normalized spacial score (nSPS) is 15.6. The Morgan fingerprint density at radius 3 is 2.94 bits per heavy atom. The zero-order valence-electron chi connectivity index (χ0n) is 9.95. The molecule has 3 heteroatoms. The van der Waals surface area contributed by atoms with Gasteiger partial charge in [-0.2, -0.15) is 0 Å². The van der Waals surface area contributed by atoms with Crippen LogP contribution in [0.1, 0.15) is 29.3 Å². The van der Waals surface area contributed by atoms with Crippen LogP contribution in [0.5, 0.6) is 0 Å². The Morgan fingerprint density at radius 1 is 1.47 bits per heavy atom. The Balaban J connectivity index is 2.14. The van der Waals surface area contributed by atoms with Gasteiger partial charge < -0.3 is 4.90 Å². The summed E-state index contributed by atoms with van der Waals surface area (Å²) in [6, 6.07) is 7.55. The summed E-state index contributed by atoms with van der Waals surface area (Å²) in [7, 11) is 0. The monoisotopic (exact) mass is 249 g/mol. The van der Waals surface area contributed by atoms with E-state index in [0.717, 1.165) is 30.6 Å². The molecule has 0 saturated carbocycles. The summed E-state index contributed by atoms with van der Waals surface area (Å²) in [4.78, 5) is 14.1. The third-order valence-corrected chi connectivity index (χ3v) is 3.36. The van der Waals surface area contributed by atoms with Crippen molar-refractivity contribution in [1.82, 2.24) is 4.90 Å². The lowest BCUT2D eigenvalue weighted by atomic mass is 10.1. The standard InChI is InChI=1S/C14H16ClNO/c1-11-5-7-16(8-6-11)14(17)13-4-2-3-12(9-13)10-15/h2-5,9H,6-8,10H2,1H3. The zero-order chi connectivity index (χ0) is 12.3. The second kappa shape index (κ2) is 5.37. The predicted molar refractivity (Wildman–Crippen MR) is 70.3 cm³/mol. The van der Waals surface area contributed by atoms with E-state index < -0.39 is 0 Å². The van der Waals surface area contributed by atoms with Crippen LogP contribution >= 0.6 is 11.6 Å². The number of benzene rings is 1. The van der Waals surface area contributed by atoms with E-state index in [1.807, 2.05) is 29.2 Å². The van der Waals surface area contributed by atoms with E-state index in [4.69, 9.17) is 11.6 Å². The molecule has 1 amide bonds. The molecule has 2 nitrogen and oxygen atoms in total. The third-order valence-electron chi connectivity index (χ3n) is 3.05. The number of rotatable bonds is 2. The molecular formula is C14H16ClNO. The average molecular weight is 250 g/mol. The molecule has 90 valence electrons. The summed E-state index contributed by atoms with van der Waals surface area (Å²) in [5, 5.41) is 0. The number of carbonyl (C=O) groups is 1. The van der Waals surface area contributed by atoms with E-state index in [0.29, 0.717) is 5.88 Å². The van der Waals surface area contributed by atoms with Gasteiger partial charge in [-0.15, -0.1) is 11.6 Å². The Morgan fingerprint density at radius 2 is 2.29 bits per heavy atom. The average Bonchev–Trinajstić information content (AvgIpc) is 2.39. The van der Waals surface area contributed by atoms with Crippen molar-refractivity contribution in [3.05, 3.63) is 47.0 Å². The number of amides is 1. The predicted octanol–water partition coefficient (Wildman–Crippen LogP) is 3.22. The lowest BCUT2D eigenvalue weighted by molar-refractivity contribution is 0.0769. The Hall–Kier alpha value is -1.28. The summed E-state index contributed by atoms with van der Waals surface area (Å²) in [5.74, 6) is 0.542. The third kappa shape index (κ3) is 2.89. The van der Waals surface area contributed by atoms with E-state index in [-0.39, 0.29) is 5.91 Å². The fourth-order valence-electron chi connectivity index (χ4n) is 1.93. The Labute approximate surface area is 107 Å². The first-order chi connectivity index (χ1) is 8.20. The molecule has 0 bridgehead atoms. The first kappa shape index (κ1) is 12.2. The molecule has 0 radical (unpaired) electrons. The molecule has 0 atom stereocenters. The van der Waals surface area contributed by atoms with Crippen LogP contribution in [0.3, 0.4) is 0 Å². The fraction of sp³-hybridized carbons (Fsp3) is 0.357.